The molecule has 8 heteroatoms. The van der Waals surface area contributed by atoms with Crippen LogP contribution in [0.4, 0.5) is 14.5 Å². The molecule has 34 heavy (non-hydrogen) atoms. The quantitative estimate of drug-likeness (QED) is 0.621. The summed E-state index contributed by atoms with van der Waals surface area (Å²) in [6.07, 6.45) is 2.20. The molecule has 2 heterocycles. The van der Waals surface area contributed by atoms with E-state index in [2.05, 4.69) is 5.32 Å². The summed E-state index contributed by atoms with van der Waals surface area (Å²) in [6, 6.07) is 13.0. The molecular weight excluding hydrogens is 440 g/mol. The van der Waals surface area contributed by atoms with Gasteiger partial charge in [0.05, 0.1) is 12.5 Å². The van der Waals surface area contributed by atoms with E-state index in [1.54, 1.807) is 24.3 Å². The Bertz CT molecular complexity index is 1010. The Hall–Kier alpha value is -3.00. The minimum atomic E-state index is -2.86. The first kappa shape index (κ1) is 24.1. The van der Waals surface area contributed by atoms with Gasteiger partial charge in [-0.15, -0.1) is 0 Å². The third-order valence-electron chi connectivity index (χ3n) is 6.85. The highest BCUT2D eigenvalue weighted by molar-refractivity contribution is 5.93. The molecule has 6 nitrogen and oxygen atoms in total. The van der Waals surface area contributed by atoms with Crippen molar-refractivity contribution >= 4 is 17.5 Å². The lowest BCUT2D eigenvalue weighted by Gasteiger charge is -2.33. The second kappa shape index (κ2) is 10.1. The number of halogens is 2. The molecule has 2 aliphatic heterocycles. The van der Waals surface area contributed by atoms with Crippen LogP contribution in [0.1, 0.15) is 43.2 Å². The molecule has 2 N–H and O–H groups in total. The summed E-state index contributed by atoms with van der Waals surface area (Å²) in [5.74, 6) is -2.76. The van der Waals surface area contributed by atoms with Crippen LogP contribution in [0.3, 0.4) is 0 Å². The number of hydrogen-bond acceptors (Lipinski definition) is 4. The minimum Gasteiger partial charge on any atom is -0.508 e. The summed E-state index contributed by atoms with van der Waals surface area (Å²) >= 11 is 0. The number of hydrogen-bond donors (Lipinski definition) is 2. The number of phenols is 1. The second-order valence-electron chi connectivity index (χ2n) is 9.43. The summed E-state index contributed by atoms with van der Waals surface area (Å²) in [4.78, 5) is 29.3. The van der Waals surface area contributed by atoms with Crippen LogP contribution in [0.15, 0.2) is 48.5 Å². The van der Waals surface area contributed by atoms with E-state index in [9.17, 15) is 23.5 Å². The maximum Gasteiger partial charge on any atom is 0.270 e. The Morgan fingerprint density at radius 1 is 1.06 bits per heavy atom. The molecule has 1 atom stereocenters. The van der Waals surface area contributed by atoms with E-state index >= 15 is 0 Å². The zero-order valence-electron chi connectivity index (χ0n) is 19.3. The van der Waals surface area contributed by atoms with Crippen molar-refractivity contribution in [2.75, 3.05) is 38.0 Å². The molecule has 0 aliphatic carbocycles. The normalized spacial score (nSPS) is 19.9. The number of nitrogens with zero attached hydrogens (tertiary/aromatic N) is 2. The number of nitrogens with one attached hydrogen (secondary N) is 1. The van der Waals surface area contributed by atoms with Gasteiger partial charge in [0.25, 0.3) is 5.92 Å². The second-order valence-corrected chi connectivity index (χ2v) is 9.43. The Morgan fingerprint density at radius 3 is 2.44 bits per heavy atom. The number of alkyl halides is 2. The molecule has 0 bridgehead atoms. The lowest BCUT2D eigenvalue weighted by molar-refractivity contribution is -0.133. The third-order valence-corrected chi connectivity index (χ3v) is 6.85. The smallest absolute Gasteiger partial charge is 0.270 e. The third kappa shape index (κ3) is 5.91. The fourth-order valence-electron chi connectivity index (χ4n) is 4.80. The van der Waals surface area contributed by atoms with Crippen molar-refractivity contribution in [1.82, 2.24) is 9.80 Å². The number of benzene rings is 2. The van der Waals surface area contributed by atoms with Crippen LogP contribution in [0.25, 0.3) is 0 Å². The van der Waals surface area contributed by atoms with Gasteiger partial charge in [-0.1, -0.05) is 18.2 Å². The Kier molecular flexibility index (Phi) is 7.16. The van der Waals surface area contributed by atoms with Crippen LogP contribution < -0.4 is 5.32 Å². The summed E-state index contributed by atoms with van der Waals surface area (Å²) in [7, 11) is 0. The molecule has 2 saturated heterocycles. The van der Waals surface area contributed by atoms with E-state index < -0.39 is 5.92 Å². The molecule has 0 aromatic heterocycles. The highest BCUT2D eigenvalue weighted by atomic mass is 19.3. The lowest BCUT2D eigenvalue weighted by atomic mass is 9.88. The van der Waals surface area contributed by atoms with Crippen molar-refractivity contribution in [1.29, 1.82) is 0 Å². The van der Waals surface area contributed by atoms with E-state index in [4.69, 9.17) is 0 Å². The Morgan fingerprint density at radius 2 is 1.76 bits per heavy atom. The molecule has 0 spiro atoms. The standard InChI is InChI=1S/C26H31F2N3O3/c1-26(27,28)21-4-2-3-19(15-21)18-10-13-31(14-11-18)24(33)17-30-12-9-20(16-30)25(34)29-22-5-7-23(32)8-6-22/h2-8,15,18,20,32H,9-14,16-17H2,1H3,(H,29,34). The van der Waals surface area contributed by atoms with E-state index in [1.807, 2.05) is 15.9 Å². The van der Waals surface area contributed by atoms with Gasteiger partial charge in [0.2, 0.25) is 11.8 Å². The van der Waals surface area contributed by atoms with Gasteiger partial charge in [0.15, 0.2) is 0 Å². The van der Waals surface area contributed by atoms with E-state index in [-0.39, 0.29) is 41.5 Å². The zero-order chi connectivity index (χ0) is 24.3. The number of amides is 2. The van der Waals surface area contributed by atoms with E-state index in [0.29, 0.717) is 38.3 Å². The van der Waals surface area contributed by atoms with Gasteiger partial charge < -0.3 is 15.3 Å². The van der Waals surface area contributed by atoms with Gasteiger partial charge in [-0.3, -0.25) is 14.5 Å². The predicted molar refractivity (Wildman–Crippen MR) is 126 cm³/mol. The van der Waals surface area contributed by atoms with Crippen LogP contribution >= 0.6 is 0 Å². The number of phenolic OH excluding ortho intramolecular Hbond substituents is 1. The predicted octanol–water partition coefficient (Wildman–Crippen LogP) is 4.17. The SMILES string of the molecule is CC(F)(F)c1cccc(C2CCN(C(=O)CN3CCC(C(=O)Nc4ccc(O)cc4)C3)CC2)c1. The number of piperidine rings is 1. The molecule has 2 fully saturated rings. The number of carbonyl (C=O) groups is 2. The number of likely N-dealkylation sites (tertiary alicyclic amines) is 2. The van der Waals surface area contributed by atoms with Gasteiger partial charge in [-0.2, -0.15) is 0 Å². The summed E-state index contributed by atoms with van der Waals surface area (Å²) in [5, 5.41) is 12.2. The molecule has 2 aromatic carbocycles. The van der Waals surface area contributed by atoms with Crippen LogP contribution in [0.5, 0.6) is 5.75 Å². The zero-order valence-corrected chi connectivity index (χ0v) is 19.3. The highest BCUT2D eigenvalue weighted by Gasteiger charge is 2.32. The fourth-order valence-corrected chi connectivity index (χ4v) is 4.80. The number of aromatic hydroxyl groups is 1. The molecule has 2 amide bonds. The van der Waals surface area contributed by atoms with Crippen molar-refractivity contribution in [3.63, 3.8) is 0 Å². The van der Waals surface area contributed by atoms with Gasteiger partial charge >= 0.3 is 0 Å². The number of carbonyl (C=O) groups excluding carboxylic acids is 2. The van der Waals surface area contributed by atoms with Crippen molar-refractivity contribution in [2.24, 2.45) is 5.92 Å². The van der Waals surface area contributed by atoms with Gasteiger partial charge in [0.1, 0.15) is 5.75 Å². The molecule has 182 valence electrons. The fraction of sp³-hybridized carbons (Fsp3) is 0.462. The molecule has 2 aliphatic rings. The van der Waals surface area contributed by atoms with Crippen molar-refractivity contribution in [3.05, 3.63) is 59.7 Å². The average molecular weight is 472 g/mol. The average Bonchev–Trinajstić information content (AvgIpc) is 3.29. The maximum absolute atomic E-state index is 13.7. The molecule has 0 radical (unpaired) electrons. The molecule has 1 unspecified atom stereocenters. The largest absolute Gasteiger partial charge is 0.508 e. The minimum absolute atomic E-state index is 0.0292. The first-order chi connectivity index (χ1) is 16.2. The highest BCUT2D eigenvalue weighted by Crippen LogP contribution is 2.33. The Balaban J connectivity index is 1.24. The topological polar surface area (TPSA) is 72.9 Å². The number of rotatable bonds is 6. The first-order valence-electron chi connectivity index (χ1n) is 11.8. The van der Waals surface area contributed by atoms with E-state index in [1.165, 1.54) is 18.2 Å². The monoisotopic (exact) mass is 471 g/mol. The summed E-state index contributed by atoms with van der Waals surface area (Å²) in [6.45, 7) is 3.63. The summed E-state index contributed by atoms with van der Waals surface area (Å²) in [5.41, 5.74) is 1.57. The van der Waals surface area contributed by atoms with Gasteiger partial charge in [-0.05, 0) is 67.6 Å². The van der Waals surface area contributed by atoms with Crippen LogP contribution in [0, 0.1) is 5.92 Å². The maximum atomic E-state index is 13.7. The van der Waals surface area contributed by atoms with Crippen LogP contribution in [-0.2, 0) is 15.5 Å². The van der Waals surface area contributed by atoms with Crippen LogP contribution in [-0.4, -0.2) is 59.4 Å². The number of anilines is 1. The van der Waals surface area contributed by atoms with Crippen molar-refractivity contribution < 1.29 is 23.5 Å². The lowest BCUT2D eigenvalue weighted by Crippen LogP contribution is -2.43. The first-order valence-corrected chi connectivity index (χ1v) is 11.8. The van der Waals surface area contributed by atoms with Crippen molar-refractivity contribution in [3.8, 4) is 5.75 Å². The summed E-state index contributed by atoms with van der Waals surface area (Å²) < 4.78 is 27.3. The molecule has 0 saturated carbocycles. The van der Waals surface area contributed by atoms with Gasteiger partial charge in [0, 0.05) is 37.8 Å². The van der Waals surface area contributed by atoms with Gasteiger partial charge in [-0.25, -0.2) is 8.78 Å². The van der Waals surface area contributed by atoms with E-state index in [0.717, 1.165) is 25.3 Å². The molecule has 2 aromatic rings. The Labute approximate surface area is 198 Å². The molecule has 4 rings (SSSR count). The molecular formula is C26H31F2N3O3. The van der Waals surface area contributed by atoms with Crippen LogP contribution in [0.2, 0.25) is 0 Å². The van der Waals surface area contributed by atoms with Crippen molar-refractivity contribution in [2.45, 2.75) is 38.0 Å².